The van der Waals surface area contributed by atoms with Crippen LogP contribution in [0.15, 0.2) is 11.5 Å². The third-order valence-corrected chi connectivity index (χ3v) is 3.98. The lowest BCUT2D eigenvalue weighted by Gasteiger charge is -2.24. The zero-order valence-electron chi connectivity index (χ0n) is 7.68. The molecule has 2 heterocycles. The van der Waals surface area contributed by atoms with Crippen molar-refractivity contribution in [3.63, 3.8) is 0 Å². The van der Waals surface area contributed by atoms with Crippen molar-refractivity contribution in [1.82, 2.24) is 19.5 Å². The number of sulfonamides is 1. The largest absolute Gasteiger partial charge is 0.282 e. The van der Waals surface area contributed by atoms with Gasteiger partial charge < -0.3 is 0 Å². The van der Waals surface area contributed by atoms with Crippen LogP contribution in [0, 0.1) is 0 Å². The summed E-state index contributed by atoms with van der Waals surface area (Å²) in [4.78, 5) is 3.67. The quantitative estimate of drug-likeness (QED) is 0.753. The van der Waals surface area contributed by atoms with Crippen LogP contribution >= 0.6 is 0 Å². The molecule has 1 fully saturated rings. The molecule has 1 aromatic heterocycles. The number of hydrogen-bond donors (Lipinski definition) is 1. The maximum atomic E-state index is 11.8. The average molecular weight is 216 g/mol. The standard InChI is InChI=1S/C7H12N4O2S/c12-14(13,7-8-6-9-10-7)11-4-2-1-3-5-11/h6H,1-5H2,(H,8,9,10). The maximum Gasteiger partial charge on any atom is 0.282 e. The van der Waals surface area contributed by atoms with Gasteiger partial charge in [0.1, 0.15) is 6.33 Å². The first-order chi connectivity index (χ1) is 6.71. The monoisotopic (exact) mass is 216 g/mol. The van der Waals surface area contributed by atoms with E-state index in [0.717, 1.165) is 19.3 Å². The summed E-state index contributed by atoms with van der Waals surface area (Å²) in [5, 5.41) is 5.88. The van der Waals surface area contributed by atoms with E-state index in [1.54, 1.807) is 0 Å². The molecule has 2 rings (SSSR count). The Hall–Kier alpha value is -0.950. The molecule has 0 radical (unpaired) electrons. The number of nitrogens with one attached hydrogen (secondary N) is 1. The predicted molar refractivity (Wildman–Crippen MR) is 49.0 cm³/mol. The van der Waals surface area contributed by atoms with E-state index >= 15 is 0 Å². The van der Waals surface area contributed by atoms with Gasteiger partial charge in [0.25, 0.3) is 15.2 Å². The Morgan fingerprint density at radius 1 is 1.29 bits per heavy atom. The van der Waals surface area contributed by atoms with Crippen LogP contribution in [0.5, 0.6) is 0 Å². The Bertz CT molecular complexity index is 380. The molecular formula is C7H12N4O2S. The Labute approximate surface area is 82.4 Å². The van der Waals surface area contributed by atoms with Gasteiger partial charge >= 0.3 is 0 Å². The van der Waals surface area contributed by atoms with Crippen molar-refractivity contribution in [3.05, 3.63) is 6.33 Å². The van der Waals surface area contributed by atoms with Crippen LogP contribution in [0.25, 0.3) is 0 Å². The normalized spacial score (nSPS) is 19.7. The SMILES string of the molecule is O=S(=O)(c1nc[nH]n1)N1CCCCC1. The highest BCUT2D eigenvalue weighted by Crippen LogP contribution is 2.16. The molecule has 6 nitrogen and oxygen atoms in total. The fourth-order valence-electron chi connectivity index (χ4n) is 1.54. The summed E-state index contributed by atoms with van der Waals surface area (Å²) < 4.78 is 25.1. The molecule has 1 aromatic rings. The van der Waals surface area contributed by atoms with Gasteiger partial charge in [0, 0.05) is 13.1 Å². The van der Waals surface area contributed by atoms with Gasteiger partial charge in [0.2, 0.25) is 0 Å². The second-order valence-corrected chi connectivity index (χ2v) is 5.08. The van der Waals surface area contributed by atoms with Gasteiger partial charge in [0.05, 0.1) is 0 Å². The average Bonchev–Trinajstić information content (AvgIpc) is 2.72. The molecule has 1 aliphatic heterocycles. The minimum absolute atomic E-state index is 0.126. The third kappa shape index (κ3) is 1.64. The molecule has 0 atom stereocenters. The first kappa shape index (κ1) is 9.60. The first-order valence-corrected chi connectivity index (χ1v) is 6.01. The van der Waals surface area contributed by atoms with E-state index in [1.165, 1.54) is 10.6 Å². The second-order valence-electron chi connectivity index (χ2n) is 3.25. The van der Waals surface area contributed by atoms with Crippen molar-refractivity contribution in [1.29, 1.82) is 0 Å². The van der Waals surface area contributed by atoms with Crippen LogP contribution in [0.2, 0.25) is 0 Å². The predicted octanol–water partition coefficient (Wildman–Crippen LogP) is -0.0207. The highest BCUT2D eigenvalue weighted by atomic mass is 32.2. The molecule has 14 heavy (non-hydrogen) atoms. The van der Waals surface area contributed by atoms with E-state index in [0.29, 0.717) is 13.1 Å². The lowest BCUT2D eigenvalue weighted by molar-refractivity contribution is 0.344. The maximum absolute atomic E-state index is 11.8. The van der Waals surface area contributed by atoms with Crippen molar-refractivity contribution in [2.24, 2.45) is 0 Å². The third-order valence-electron chi connectivity index (χ3n) is 2.28. The number of piperidine rings is 1. The molecule has 0 unspecified atom stereocenters. The van der Waals surface area contributed by atoms with Gasteiger partial charge in [-0.15, -0.1) is 5.10 Å². The Kier molecular flexibility index (Phi) is 2.51. The molecule has 0 bridgehead atoms. The van der Waals surface area contributed by atoms with Crippen LogP contribution in [-0.4, -0.2) is 41.0 Å². The highest BCUT2D eigenvalue weighted by Gasteiger charge is 2.28. The Morgan fingerprint density at radius 2 is 2.00 bits per heavy atom. The number of aromatic nitrogens is 3. The zero-order chi connectivity index (χ0) is 10.0. The van der Waals surface area contributed by atoms with Crippen molar-refractivity contribution >= 4 is 10.0 Å². The number of rotatable bonds is 2. The van der Waals surface area contributed by atoms with Crippen molar-refractivity contribution < 1.29 is 8.42 Å². The molecule has 1 saturated heterocycles. The van der Waals surface area contributed by atoms with Crippen molar-refractivity contribution in [3.8, 4) is 0 Å². The molecule has 0 saturated carbocycles. The van der Waals surface area contributed by atoms with E-state index in [4.69, 9.17) is 0 Å². The molecule has 78 valence electrons. The molecule has 0 aliphatic carbocycles. The first-order valence-electron chi connectivity index (χ1n) is 4.57. The van der Waals surface area contributed by atoms with E-state index in [1.807, 2.05) is 0 Å². The van der Waals surface area contributed by atoms with Gasteiger partial charge in [0.15, 0.2) is 0 Å². The molecule has 1 N–H and O–H groups in total. The van der Waals surface area contributed by atoms with Crippen LogP contribution < -0.4 is 0 Å². The van der Waals surface area contributed by atoms with E-state index in [-0.39, 0.29) is 5.16 Å². The fraction of sp³-hybridized carbons (Fsp3) is 0.714. The van der Waals surface area contributed by atoms with Crippen molar-refractivity contribution in [2.45, 2.75) is 24.4 Å². The number of hydrogen-bond acceptors (Lipinski definition) is 4. The van der Waals surface area contributed by atoms with Crippen molar-refractivity contribution in [2.75, 3.05) is 13.1 Å². The highest BCUT2D eigenvalue weighted by molar-refractivity contribution is 7.88. The minimum Gasteiger partial charge on any atom is -0.265 e. The minimum atomic E-state index is -3.44. The van der Waals surface area contributed by atoms with Crippen LogP contribution in [0.1, 0.15) is 19.3 Å². The summed E-state index contributed by atoms with van der Waals surface area (Å²) in [7, 11) is -3.44. The number of aromatic amines is 1. The molecular weight excluding hydrogens is 204 g/mol. The van der Waals surface area contributed by atoms with E-state index in [2.05, 4.69) is 15.2 Å². The topological polar surface area (TPSA) is 79.0 Å². The molecule has 0 amide bonds. The van der Waals surface area contributed by atoms with Crippen LogP contribution in [0.4, 0.5) is 0 Å². The Balaban J connectivity index is 2.23. The second kappa shape index (κ2) is 3.66. The summed E-state index contributed by atoms with van der Waals surface area (Å²) in [6, 6.07) is 0. The summed E-state index contributed by atoms with van der Waals surface area (Å²) in [6.45, 7) is 1.16. The lowest BCUT2D eigenvalue weighted by atomic mass is 10.2. The molecule has 1 aliphatic rings. The van der Waals surface area contributed by atoms with Gasteiger partial charge in [-0.05, 0) is 12.8 Å². The number of nitrogens with zero attached hydrogens (tertiary/aromatic N) is 3. The Morgan fingerprint density at radius 3 is 2.57 bits per heavy atom. The lowest BCUT2D eigenvalue weighted by Crippen LogP contribution is -2.36. The molecule has 0 aromatic carbocycles. The van der Waals surface area contributed by atoms with Gasteiger partial charge in [-0.25, -0.2) is 13.4 Å². The number of H-pyrrole nitrogens is 1. The zero-order valence-corrected chi connectivity index (χ0v) is 8.50. The van der Waals surface area contributed by atoms with Gasteiger partial charge in [-0.3, -0.25) is 5.10 Å². The van der Waals surface area contributed by atoms with E-state index in [9.17, 15) is 8.42 Å². The summed E-state index contributed by atoms with van der Waals surface area (Å²) in [6.07, 6.45) is 4.21. The fourth-order valence-corrected chi connectivity index (χ4v) is 2.87. The van der Waals surface area contributed by atoms with Crippen LogP contribution in [-0.2, 0) is 10.0 Å². The molecule has 0 spiro atoms. The molecule has 7 heteroatoms. The van der Waals surface area contributed by atoms with Crippen LogP contribution in [0.3, 0.4) is 0 Å². The summed E-state index contributed by atoms with van der Waals surface area (Å²) >= 11 is 0. The summed E-state index contributed by atoms with van der Waals surface area (Å²) in [5.74, 6) is 0. The van der Waals surface area contributed by atoms with Gasteiger partial charge in [-0.1, -0.05) is 6.42 Å². The smallest absolute Gasteiger partial charge is 0.265 e. The summed E-state index contributed by atoms with van der Waals surface area (Å²) in [5.41, 5.74) is 0. The van der Waals surface area contributed by atoms with Gasteiger partial charge in [-0.2, -0.15) is 4.31 Å². The van der Waals surface area contributed by atoms with E-state index < -0.39 is 10.0 Å².